The summed E-state index contributed by atoms with van der Waals surface area (Å²) in [6, 6.07) is 0. The van der Waals surface area contributed by atoms with Crippen molar-refractivity contribution in [2.45, 2.75) is 30.8 Å². The lowest BCUT2D eigenvalue weighted by molar-refractivity contribution is 0.522. The molecule has 1 aliphatic rings. The molecule has 72 valence electrons. The van der Waals surface area contributed by atoms with Gasteiger partial charge in [-0.25, -0.2) is 18.5 Å². The van der Waals surface area contributed by atoms with Crippen LogP contribution in [0.1, 0.15) is 18.7 Å². The molecule has 13 heavy (non-hydrogen) atoms. The zero-order valence-corrected chi connectivity index (χ0v) is 7.92. The van der Waals surface area contributed by atoms with Crippen LogP contribution in [0.2, 0.25) is 0 Å². The van der Waals surface area contributed by atoms with Gasteiger partial charge >= 0.3 is 0 Å². The van der Waals surface area contributed by atoms with Crippen molar-refractivity contribution in [3.8, 4) is 0 Å². The first-order valence-electron chi connectivity index (χ1n) is 4.16. The minimum atomic E-state index is -3.63. The maximum atomic E-state index is 11.0. The Hall–Kier alpha value is -0.880. The minimum Gasteiger partial charge on any atom is -0.333 e. The molecule has 0 unspecified atom stereocenters. The van der Waals surface area contributed by atoms with Gasteiger partial charge in [-0.1, -0.05) is 0 Å². The number of nitrogens with zero attached hydrogens (tertiary/aromatic N) is 2. The molecular weight excluding hydrogens is 190 g/mol. The fraction of sp³-hybridized carbons (Fsp3) is 0.571. The van der Waals surface area contributed by atoms with E-state index in [1.165, 1.54) is 6.20 Å². The predicted octanol–water partition coefficient (Wildman–Crippen LogP) is -0.133. The van der Waals surface area contributed by atoms with Crippen LogP contribution in [0.25, 0.3) is 0 Å². The number of rotatable bonds is 1. The molecule has 0 radical (unpaired) electrons. The molecule has 2 rings (SSSR count). The van der Waals surface area contributed by atoms with Gasteiger partial charge in [0.25, 0.3) is 10.0 Å². The Bertz CT molecular complexity index is 397. The third-order valence-electron chi connectivity index (χ3n) is 2.18. The molecule has 0 saturated heterocycles. The molecule has 0 saturated carbocycles. The first kappa shape index (κ1) is 8.71. The molecule has 2 N–H and O–H groups in total. The third-order valence-corrected chi connectivity index (χ3v) is 2.96. The number of nitrogens with two attached hydrogens (primary N) is 1. The number of hydrogen-bond acceptors (Lipinski definition) is 3. The maximum Gasteiger partial charge on any atom is 0.257 e. The first-order chi connectivity index (χ1) is 6.07. The van der Waals surface area contributed by atoms with Crippen LogP contribution in [-0.4, -0.2) is 18.0 Å². The van der Waals surface area contributed by atoms with Gasteiger partial charge in [-0.2, -0.15) is 0 Å². The molecule has 0 amide bonds. The monoisotopic (exact) mass is 201 g/mol. The van der Waals surface area contributed by atoms with Gasteiger partial charge in [0.2, 0.25) is 0 Å². The van der Waals surface area contributed by atoms with Crippen molar-refractivity contribution >= 4 is 10.0 Å². The third kappa shape index (κ3) is 1.59. The lowest BCUT2D eigenvalue weighted by Crippen LogP contribution is -2.12. The van der Waals surface area contributed by atoms with Crippen molar-refractivity contribution in [2.75, 3.05) is 0 Å². The van der Waals surface area contributed by atoms with E-state index in [1.807, 2.05) is 4.57 Å². The van der Waals surface area contributed by atoms with Gasteiger partial charge in [-0.05, 0) is 12.8 Å². The van der Waals surface area contributed by atoms with Gasteiger partial charge < -0.3 is 4.57 Å². The Kier molecular flexibility index (Phi) is 1.88. The lowest BCUT2D eigenvalue weighted by Gasteiger charge is -2.11. The van der Waals surface area contributed by atoms with E-state index >= 15 is 0 Å². The molecule has 0 aromatic carbocycles. The number of sulfonamides is 1. The predicted molar refractivity (Wildman–Crippen MR) is 46.5 cm³/mol. The van der Waals surface area contributed by atoms with E-state index in [0.717, 1.165) is 31.6 Å². The summed E-state index contributed by atoms with van der Waals surface area (Å²) in [7, 11) is -3.63. The molecule has 6 heteroatoms. The molecule has 5 nitrogen and oxygen atoms in total. The summed E-state index contributed by atoms with van der Waals surface area (Å²) >= 11 is 0. The Labute approximate surface area is 76.6 Å². The van der Waals surface area contributed by atoms with Gasteiger partial charge in [-0.15, -0.1) is 0 Å². The first-order valence-corrected chi connectivity index (χ1v) is 5.71. The molecule has 0 atom stereocenters. The highest BCUT2D eigenvalue weighted by molar-refractivity contribution is 7.89. The molecule has 0 aliphatic carbocycles. The van der Waals surface area contributed by atoms with E-state index in [-0.39, 0.29) is 5.03 Å². The maximum absolute atomic E-state index is 11.0. The van der Waals surface area contributed by atoms with Crippen LogP contribution in [0.3, 0.4) is 0 Å². The standard InChI is InChI=1S/C7H11N3O2S/c8-13(11,12)7-5-10-4-2-1-3-6(10)9-7/h5H,1-4H2,(H2,8,11,12). The van der Waals surface area contributed by atoms with E-state index in [0.29, 0.717) is 0 Å². The Morgan fingerprint density at radius 3 is 2.85 bits per heavy atom. The van der Waals surface area contributed by atoms with Gasteiger partial charge in [0.1, 0.15) is 5.82 Å². The fourth-order valence-electron chi connectivity index (χ4n) is 1.52. The number of imidazole rings is 1. The topological polar surface area (TPSA) is 78.0 Å². The second-order valence-electron chi connectivity index (χ2n) is 3.19. The van der Waals surface area contributed by atoms with E-state index < -0.39 is 10.0 Å². The van der Waals surface area contributed by atoms with Crippen molar-refractivity contribution in [3.05, 3.63) is 12.0 Å². The number of aryl methyl sites for hydroxylation is 2. The molecular formula is C7H11N3O2S. The van der Waals surface area contributed by atoms with Crippen LogP contribution < -0.4 is 5.14 Å². The van der Waals surface area contributed by atoms with Gasteiger partial charge in [0, 0.05) is 19.2 Å². The van der Waals surface area contributed by atoms with E-state index in [1.54, 1.807) is 0 Å². The van der Waals surface area contributed by atoms with Crippen LogP contribution in [0.4, 0.5) is 0 Å². The Balaban J connectivity index is 2.47. The van der Waals surface area contributed by atoms with Crippen LogP contribution in [0, 0.1) is 0 Å². The summed E-state index contributed by atoms with van der Waals surface area (Å²) in [4.78, 5) is 3.97. The molecule has 1 aromatic heterocycles. The molecule has 1 aliphatic heterocycles. The summed E-state index contributed by atoms with van der Waals surface area (Å²) < 4.78 is 23.8. The van der Waals surface area contributed by atoms with E-state index in [9.17, 15) is 8.42 Å². The van der Waals surface area contributed by atoms with Crippen molar-refractivity contribution in [2.24, 2.45) is 5.14 Å². The summed E-state index contributed by atoms with van der Waals surface area (Å²) in [6.07, 6.45) is 4.51. The Morgan fingerprint density at radius 1 is 1.46 bits per heavy atom. The highest BCUT2D eigenvalue weighted by Crippen LogP contribution is 2.16. The number of aromatic nitrogens is 2. The van der Waals surface area contributed by atoms with Crippen molar-refractivity contribution in [1.82, 2.24) is 9.55 Å². The largest absolute Gasteiger partial charge is 0.333 e. The average molecular weight is 201 g/mol. The fourth-order valence-corrected chi connectivity index (χ4v) is 2.03. The van der Waals surface area contributed by atoms with Crippen molar-refractivity contribution < 1.29 is 8.42 Å². The van der Waals surface area contributed by atoms with Crippen LogP contribution >= 0.6 is 0 Å². The van der Waals surface area contributed by atoms with E-state index in [4.69, 9.17) is 5.14 Å². The molecule has 0 spiro atoms. The lowest BCUT2D eigenvalue weighted by atomic mass is 10.2. The smallest absolute Gasteiger partial charge is 0.257 e. The summed E-state index contributed by atoms with van der Waals surface area (Å²) in [5.74, 6) is 0.829. The summed E-state index contributed by atoms with van der Waals surface area (Å²) in [5, 5.41) is 4.96. The van der Waals surface area contributed by atoms with Crippen LogP contribution in [0.15, 0.2) is 11.2 Å². The molecule has 0 fully saturated rings. The number of hydrogen-bond donors (Lipinski definition) is 1. The normalized spacial score (nSPS) is 17.0. The highest BCUT2D eigenvalue weighted by atomic mass is 32.2. The Morgan fingerprint density at radius 2 is 2.23 bits per heavy atom. The van der Waals surface area contributed by atoms with Gasteiger partial charge in [0.05, 0.1) is 0 Å². The van der Waals surface area contributed by atoms with Crippen molar-refractivity contribution in [1.29, 1.82) is 0 Å². The summed E-state index contributed by atoms with van der Waals surface area (Å²) in [5.41, 5.74) is 0. The number of primary sulfonamides is 1. The quantitative estimate of drug-likeness (QED) is 0.687. The minimum absolute atomic E-state index is 0.00981. The highest BCUT2D eigenvalue weighted by Gasteiger charge is 2.17. The van der Waals surface area contributed by atoms with Crippen LogP contribution in [-0.2, 0) is 23.0 Å². The zero-order valence-electron chi connectivity index (χ0n) is 7.10. The SMILES string of the molecule is NS(=O)(=O)c1cn2c(n1)CCCC2. The average Bonchev–Trinajstić information content (AvgIpc) is 2.45. The molecule has 0 bridgehead atoms. The van der Waals surface area contributed by atoms with Gasteiger partial charge in [-0.3, -0.25) is 0 Å². The zero-order chi connectivity index (χ0) is 9.47. The number of fused-ring (bicyclic) bond motifs is 1. The van der Waals surface area contributed by atoms with Gasteiger partial charge in [0.15, 0.2) is 5.03 Å². The summed E-state index contributed by atoms with van der Waals surface area (Å²) in [6.45, 7) is 0.845. The van der Waals surface area contributed by atoms with Crippen LogP contribution in [0.5, 0.6) is 0 Å². The molecule has 2 heterocycles. The second kappa shape index (κ2) is 2.81. The van der Waals surface area contributed by atoms with E-state index in [2.05, 4.69) is 4.98 Å². The molecule has 1 aromatic rings. The second-order valence-corrected chi connectivity index (χ2v) is 4.70. The van der Waals surface area contributed by atoms with Crippen molar-refractivity contribution in [3.63, 3.8) is 0 Å².